The van der Waals surface area contributed by atoms with E-state index in [0.29, 0.717) is 11.1 Å². The van der Waals surface area contributed by atoms with Gasteiger partial charge in [0.25, 0.3) is 0 Å². The molecule has 136 valence electrons. The summed E-state index contributed by atoms with van der Waals surface area (Å²) in [7, 11) is 3.68. The van der Waals surface area contributed by atoms with Crippen LogP contribution in [0.1, 0.15) is 11.6 Å². The van der Waals surface area contributed by atoms with Crippen molar-refractivity contribution in [2.75, 3.05) is 20.6 Å². The number of nitrogens with zero attached hydrogens (tertiary/aromatic N) is 2. The van der Waals surface area contributed by atoms with Crippen molar-refractivity contribution in [1.29, 1.82) is 0 Å². The SMILES string of the molecule is CN(C)[C@@H](CNC(=O)Cn1ccc2ccc(F)cc21)c1ccccc1F. The van der Waals surface area contributed by atoms with Crippen LogP contribution in [0.3, 0.4) is 0 Å². The van der Waals surface area contributed by atoms with Crippen LogP contribution in [0.2, 0.25) is 0 Å². The summed E-state index contributed by atoms with van der Waals surface area (Å²) in [6.07, 6.45) is 1.75. The van der Waals surface area contributed by atoms with Gasteiger partial charge in [-0.3, -0.25) is 4.79 Å². The van der Waals surface area contributed by atoms with E-state index >= 15 is 0 Å². The molecule has 0 aliphatic carbocycles. The van der Waals surface area contributed by atoms with Crippen LogP contribution in [0.15, 0.2) is 54.7 Å². The van der Waals surface area contributed by atoms with Gasteiger partial charge in [-0.2, -0.15) is 0 Å². The van der Waals surface area contributed by atoms with E-state index in [1.807, 2.05) is 25.1 Å². The van der Waals surface area contributed by atoms with Crippen LogP contribution in [0.5, 0.6) is 0 Å². The molecule has 0 saturated heterocycles. The van der Waals surface area contributed by atoms with Crippen molar-refractivity contribution in [2.45, 2.75) is 12.6 Å². The van der Waals surface area contributed by atoms with Crippen molar-refractivity contribution < 1.29 is 13.6 Å². The van der Waals surface area contributed by atoms with Crippen molar-refractivity contribution >= 4 is 16.8 Å². The first-order chi connectivity index (χ1) is 12.5. The van der Waals surface area contributed by atoms with Crippen molar-refractivity contribution in [1.82, 2.24) is 14.8 Å². The zero-order chi connectivity index (χ0) is 18.7. The van der Waals surface area contributed by atoms with Gasteiger partial charge in [0.2, 0.25) is 5.91 Å². The Kier molecular flexibility index (Phi) is 5.32. The van der Waals surface area contributed by atoms with Gasteiger partial charge in [-0.25, -0.2) is 8.78 Å². The van der Waals surface area contributed by atoms with Gasteiger partial charge >= 0.3 is 0 Å². The Balaban J connectivity index is 1.69. The number of amides is 1. The number of hydrogen-bond acceptors (Lipinski definition) is 2. The summed E-state index contributed by atoms with van der Waals surface area (Å²) < 4.78 is 29.2. The van der Waals surface area contributed by atoms with Gasteiger partial charge in [0.05, 0.1) is 11.6 Å². The molecular weight excluding hydrogens is 336 g/mol. The lowest BCUT2D eigenvalue weighted by atomic mass is 10.1. The molecule has 6 heteroatoms. The number of hydrogen-bond donors (Lipinski definition) is 1. The summed E-state index contributed by atoms with van der Waals surface area (Å²) in [5.74, 6) is -0.854. The first-order valence-electron chi connectivity index (χ1n) is 8.37. The number of aromatic nitrogens is 1. The standard InChI is InChI=1S/C20H21F2N3O/c1-24(2)19(16-5-3-4-6-17(16)22)12-23-20(26)13-25-10-9-14-7-8-15(21)11-18(14)25/h3-11,19H,12-13H2,1-2H3,(H,23,26)/t19-/m0/s1. The van der Waals surface area contributed by atoms with Crippen molar-refractivity contribution in [3.8, 4) is 0 Å². The molecule has 0 aliphatic heterocycles. The smallest absolute Gasteiger partial charge is 0.240 e. The lowest BCUT2D eigenvalue weighted by Crippen LogP contribution is -2.36. The van der Waals surface area contributed by atoms with Crippen molar-refractivity contribution in [3.05, 3.63) is 71.9 Å². The average molecular weight is 357 g/mol. The third-order valence-corrected chi connectivity index (χ3v) is 4.43. The molecule has 1 N–H and O–H groups in total. The lowest BCUT2D eigenvalue weighted by molar-refractivity contribution is -0.121. The van der Waals surface area contributed by atoms with E-state index in [-0.39, 0.29) is 36.7 Å². The van der Waals surface area contributed by atoms with E-state index in [1.165, 1.54) is 18.2 Å². The van der Waals surface area contributed by atoms with Crippen molar-refractivity contribution in [3.63, 3.8) is 0 Å². The highest BCUT2D eigenvalue weighted by atomic mass is 19.1. The van der Waals surface area contributed by atoms with E-state index in [2.05, 4.69) is 5.32 Å². The first-order valence-corrected chi connectivity index (χ1v) is 8.37. The molecular formula is C20H21F2N3O. The Morgan fingerprint density at radius 2 is 1.92 bits per heavy atom. The second-order valence-electron chi connectivity index (χ2n) is 6.45. The highest BCUT2D eigenvalue weighted by Gasteiger charge is 2.18. The summed E-state index contributed by atoms with van der Waals surface area (Å²) in [5.41, 5.74) is 1.20. The number of fused-ring (bicyclic) bond motifs is 1. The molecule has 3 rings (SSSR count). The molecule has 1 aromatic heterocycles. The number of halogens is 2. The Morgan fingerprint density at radius 3 is 2.65 bits per heavy atom. The van der Waals surface area contributed by atoms with Crippen LogP contribution < -0.4 is 5.32 Å². The Bertz CT molecular complexity index is 920. The maximum absolute atomic E-state index is 14.1. The molecule has 0 unspecified atom stereocenters. The zero-order valence-electron chi connectivity index (χ0n) is 14.7. The zero-order valence-corrected chi connectivity index (χ0v) is 14.7. The fourth-order valence-corrected chi connectivity index (χ4v) is 3.03. The van der Waals surface area contributed by atoms with E-state index in [4.69, 9.17) is 0 Å². The van der Waals surface area contributed by atoms with E-state index in [9.17, 15) is 13.6 Å². The molecule has 4 nitrogen and oxygen atoms in total. The molecule has 2 aromatic carbocycles. The maximum Gasteiger partial charge on any atom is 0.240 e. The number of carbonyl (C=O) groups excluding carboxylic acids is 1. The van der Waals surface area contributed by atoms with Crippen molar-refractivity contribution in [2.24, 2.45) is 0 Å². The van der Waals surface area contributed by atoms with Crippen LogP contribution in [-0.4, -0.2) is 36.0 Å². The number of rotatable bonds is 6. The summed E-state index contributed by atoms with van der Waals surface area (Å²) in [6.45, 7) is 0.352. The predicted molar refractivity (Wildman–Crippen MR) is 97.7 cm³/mol. The van der Waals surface area contributed by atoms with Crippen LogP contribution in [0.25, 0.3) is 10.9 Å². The van der Waals surface area contributed by atoms with Gasteiger partial charge in [0.1, 0.15) is 18.2 Å². The van der Waals surface area contributed by atoms with Gasteiger partial charge < -0.3 is 14.8 Å². The monoisotopic (exact) mass is 357 g/mol. The van der Waals surface area contributed by atoms with Crippen LogP contribution in [0, 0.1) is 11.6 Å². The van der Waals surface area contributed by atoms with Crippen LogP contribution in [-0.2, 0) is 11.3 Å². The van der Waals surface area contributed by atoms with Gasteiger partial charge in [0, 0.05) is 18.3 Å². The summed E-state index contributed by atoms with van der Waals surface area (Å²) >= 11 is 0. The average Bonchev–Trinajstić information content (AvgIpc) is 2.98. The fourth-order valence-electron chi connectivity index (χ4n) is 3.03. The minimum Gasteiger partial charge on any atom is -0.353 e. The van der Waals surface area contributed by atoms with Crippen LogP contribution >= 0.6 is 0 Å². The molecule has 3 aromatic rings. The summed E-state index contributed by atoms with van der Waals surface area (Å²) in [5, 5.41) is 3.72. The maximum atomic E-state index is 14.1. The Morgan fingerprint density at radius 1 is 1.15 bits per heavy atom. The second-order valence-corrected chi connectivity index (χ2v) is 6.45. The third-order valence-electron chi connectivity index (χ3n) is 4.43. The molecule has 1 atom stereocenters. The van der Waals surface area contributed by atoms with Gasteiger partial charge in [0.15, 0.2) is 0 Å². The molecule has 0 radical (unpaired) electrons. The second kappa shape index (κ2) is 7.66. The lowest BCUT2D eigenvalue weighted by Gasteiger charge is -2.25. The third kappa shape index (κ3) is 3.91. The fraction of sp³-hybridized carbons (Fsp3) is 0.250. The molecule has 1 amide bonds. The minimum absolute atomic E-state index is 0.0738. The number of nitrogens with one attached hydrogen (secondary N) is 1. The molecule has 1 heterocycles. The predicted octanol–water partition coefficient (Wildman–Crippen LogP) is 3.34. The van der Waals surface area contributed by atoms with Gasteiger partial charge in [-0.1, -0.05) is 18.2 Å². The molecule has 0 aliphatic rings. The topological polar surface area (TPSA) is 37.3 Å². The molecule has 0 saturated carbocycles. The summed E-state index contributed by atoms with van der Waals surface area (Å²) in [4.78, 5) is 14.2. The van der Waals surface area contributed by atoms with E-state index in [0.717, 1.165) is 5.39 Å². The van der Waals surface area contributed by atoms with Gasteiger partial charge in [-0.05, 0) is 49.8 Å². The quantitative estimate of drug-likeness (QED) is 0.735. The number of carbonyl (C=O) groups is 1. The first kappa shape index (κ1) is 18.1. The molecule has 0 spiro atoms. The highest BCUT2D eigenvalue weighted by molar-refractivity contribution is 5.83. The molecule has 0 bridgehead atoms. The van der Waals surface area contributed by atoms with E-state index < -0.39 is 0 Å². The largest absolute Gasteiger partial charge is 0.353 e. The molecule has 26 heavy (non-hydrogen) atoms. The number of likely N-dealkylation sites (N-methyl/N-ethyl adjacent to an activating group) is 1. The highest BCUT2D eigenvalue weighted by Crippen LogP contribution is 2.21. The number of benzene rings is 2. The minimum atomic E-state index is -0.343. The molecule has 0 fully saturated rings. The van der Waals surface area contributed by atoms with E-state index in [1.54, 1.807) is 35.0 Å². The normalized spacial score (nSPS) is 12.5. The van der Waals surface area contributed by atoms with Gasteiger partial charge in [-0.15, -0.1) is 0 Å². The Labute approximate surface area is 151 Å². The van der Waals surface area contributed by atoms with Crippen LogP contribution in [0.4, 0.5) is 8.78 Å². The Hall–Kier alpha value is -2.73. The summed E-state index contributed by atoms with van der Waals surface area (Å²) in [6, 6.07) is 12.6.